The fourth-order valence-corrected chi connectivity index (χ4v) is 4.77. The number of carbonyl (C=O) groups is 2. The van der Waals surface area contributed by atoms with Gasteiger partial charge in [0.15, 0.2) is 0 Å². The van der Waals surface area contributed by atoms with Gasteiger partial charge in [0.1, 0.15) is 6.04 Å². The fourth-order valence-electron chi connectivity index (χ4n) is 2.99. The Morgan fingerprint density at radius 2 is 1.79 bits per heavy atom. The van der Waals surface area contributed by atoms with Gasteiger partial charge in [-0.05, 0) is 54.8 Å². The highest BCUT2D eigenvalue weighted by Gasteiger charge is 2.39. The Kier molecular flexibility index (Phi) is 6.31. The van der Waals surface area contributed by atoms with Crippen molar-refractivity contribution in [2.24, 2.45) is 5.10 Å². The van der Waals surface area contributed by atoms with Crippen molar-refractivity contribution in [3.8, 4) is 0 Å². The molecule has 1 atom stereocenters. The Labute approximate surface area is 172 Å². The second kappa shape index (κ2) is 8.73. The second-order valence-electron chi connectivity index (χ2n) is 6.39. The van der Waals surface area contributed by atoms with Crippen LogP contribution < -0.4 is 5.43 Å². The Morgan fingerprint density at radius 1 is 1.14 bits per heavy atom. The monoisotopic (exact) mass is 435 g/mol. The largest absolute Gasteiger partial charge is 0.478 e. The summed E-state index contributed by atoms with van der Waals surface area (Å²) in [6.45, 7) is 0.239. The van der Waals surface area contributed by atoms with Gasteiger partial charge in [-0.1, -0.05) is 23.7 Å². The SMILES string of the molecule is O=C(O)c1ccc(C=NNC(=O)[C@H]2CCCN2S(=O)(=O)c2ccc(Cl)cc2)cc1. The van der Waals surface area contributed by atoms with Crippen LogP contribution in [-0.2, 0) is 14.8 Å². The molecule has 0 unspecified atom stereocenters. The van der Waals surface area contributed by atoms with E-state index in [4.69, 9.17) is 16.7 Å². The lowest BCUT2D eigenvalue weighted by atomic mass is 10.1. The number of benzene rings is 2. The van der Waals surface area contributed by atoms with E-state index < -0.39 is 27.9 Å². The number of hydrazone groups is 1. The number of halogens is 1. The molecule has 152 valence electrons. The molecule has 0 spiro atoms. The summed E-state index contributed by atoms with van der Waals surface area (Å²) in [5, 5.41) is 13.2. The van der Waals surface area contributed by atoms with Crippen LogP contribution in [0.2, 0.25) is 5.02 Å². The maximum atomic E-state index is 12.9. The first-order chi connectivity index (χ1) is 13.8. The second-order valence-corrected chi connectivity index (χ2v) is 8.72. The van der Waals surface area contributed by atoms with Gasteiger partial charge in [-0.3, -0.25) is 4.79 Å². The Balaban J connectivity index is 1.68. The molecular formula is C19H18ClN3O5S. The van der Waals surface area contributed by atoms with E-state index in [1.165, 1.54) is 46.9 Å². The minimum Gasteiger partial charge on any atom is -0.478 e. The van der Waals surface area contributed by atoms with Crippen LogP contribution in [0.25, 0.3) is 0 Å². The highest BCUT2D eigenvalue weighted by molar-refractivity contribution is 7.89. The number of carbonyl (C=O) groups excluding carboxylic acids is 1. The van der Waals surface area contributed by atoms with Gasteiger partial charge in [-0.25, -0.2) is 18.6 Å². The molecule has 8 nitrogen and oxygen atoms in total. The minimum absolute atomic E-state index is 0.0728. The van der Waals surface area contributed by atoms with Gasteiger partial charge in [0.05, 0.1) is 16.7 Å². The molecule has 0 aromatic heterocycles. The summed E-state index contributed by atoms with van der Waals surface area (Å²) in [6.07, 6.45) is 2.31. The number of nitrogens with one attached hydrogen (secondary N) is 1. The van der Waals surface area contributed by atoms with Crippen molar-refractivity contribution >= 4 is 39.7 Å². The molecule has 1 saturated heterocycles. The number of nitrogens with zero attached hydrogens (tertiary/aromatic N) is 2. The summed E-state index contributed by atoms with van der Waals surface area (Å²) in [6, 6.07) is 10.9. The van der Waals surface area contributed by atoms with Crippen molar-refractivity contribution in [3.63, 3.8) is 0 Å². The number of carboxylic acids is 1. The molecule has 2 N–H and O–H groups in total. The number of carboxylic acid groups (broad SMARTS) is 1. The van der Waals surface area contributed by atoms with Crippen LogP contribution in [0.15, 0.2) is 58.5 Å². The maximum Gasteiger partial charge on any atom is 0.335 e. The Bertz CT molecular complexity index is 1040. The third kappa shape index (κ3) is 4.81. The first kappa shape index (κ1) is 21.0. The molecule has 1 amide bonds. The van der Waals surface area contributed by atoms with Crippen LogP contribution in [0, 0.1) is 0 Å². The van der Waals surface area contributed by atoms with Crippen LogP contribution in [0.1, 0.15) is 28.8 Å². The van der Waals surface area contributed by atoms with Gasteiger partial charge in [-0.2, -0.15) is 9.41 Å². The molecule has 0 aliphatic carbocycles. The molecular weight excluding hydrogens is 418 g/mol. The molecule has 2 aromatic rings. The molecule has 10 heteroatoms. The van der Waals surface area contributed by atoms with Crippen molar-refractivity contribution in [1.29, 1.82) is 0 Å². The van der Waals surface area contributed by atoms with E-state index in [9.17, 15) is 18.0 Å². The smallest absolute Gasteiger partial charge is 0.335 e. The van der Waals surface area contributed by atoms with Crippen molar-refractivity contribution in [2.45, 2.75) is 23.8 Å². The van der Waals surface area contributed by atoms with Crippen LogP contribution >= 0.6 is 11.6 Å². The summed E-state index contributed by atoms with van der Waals surface area (Å²) in [5.74, 6) is -1.57. The van der Waals surface area contributed by atoms with Gasteiger partial charge in [0.25, 0.3) is 5.91 Å². The molecule has 1 aliphatic rings. The Hall–Kier alpha value is -2.75. The van der Waals surface area contributed by atoms with E-state index in [1.807, 2.05) is 0 Å². The zero-order valence-electron chi connectivity index (χ0n) is 15.2. The van der Waals surface area contributed by atoms with E-state index in [0.29, 0.717) is 23.4 Å². The number of sulfonamides is 1. The molecule has 3 rings (SSSR count). The predicted octanol–water partition coefficient (Wildman–Crippen LogP) is 2.34. The van der Waals surface area contributed by atoms with Gasteiger partial charge >= 0.3 is 5.97 Å². The van der Waals surface area contributed by atoms with Crippen molar-refractivity contribution < 1.29 is 23.1 Å². The highest BCUT2D eigenvalue weighted by atomic mass is 35.5. The topological polar surface area (TPSA) is 116 Å². The van der Waals surface area contributed by atoms with Crippen molar-refractivity contribution in [3.05, 3.63) is 64.7 Å². The van der Waals surface area contributed by atoms with E-state index in [-0.39, 0.29) is 17.0 Å². The Morgan fingerprint density at radius 3 is 2.41 bits per heavy atom. The zero-order chi connectivity index (χ0) is 21.0. The molecule has 0 saturated carbocycles. The minimum atomic E-state index is -3.83. The highest BCUT2D eigenvalue weighted by Crippen LogP contribution is 2.27. The number of rotatable bonds is 6. The van der Waals surface area contributed by atoms with E-state index in [2.05, 4.69) is 10.5 Å². The number of hydrogen-bond donors (Lipinski definition) is 2. The summed E-state index contributed by atoms with van der Waals surface area (Å²) in [5.41, 5.74) is 3.09. The first-order valence-corrected chi connectivity index (χ1v) is 10.5. The summed E-state index contributed by atoms with van der Waals surface area (Å²) >= 11 is 5.81. The normalized spacial score (nSPS) is 17.5. The molecule has 1 aliphatic heterocycles. The van der Waals surface area contributed by atoms with E-state index in [0.717, 1.165) is 0 Å². The van der Waals surface area contributed by atoms with Crippen molar-refractivity contribution in [2.75, 3.05) is 6.54 Å². The molecule has 0 bridgehead atoms. The van der Waals surface area contributed by atoms with Crippen LogP contribution in [0.3, 0.4) is 0 Å². The maximum absolute atomic E-state index is 12.9. The van der Waals surface area contributed by atoms with Crippen molar-refractivity contribution in [1.82, 2.24) is 9.73 Å². The average Bonchev–Trinajstić information content (AvgIpc) is 3.19. The third-order valence-corrected chi connectivity index (χ3v) is 6.65. The standard InChI is InChI=1S/C19H18ClN3O5S/c20-15-7-9-16(10-8-15)29(27,28)23-11-1-2-17(23)18(24)22-21-12-13-3-5-14(6-4-13)19(25)26/h3-10,12,17H,1-2,11H2,(H,22,24)(H,25,26)/t17-/m1/s1. The first-order valence-electron chi connectivity index (χ1n) is 8.73. The fraction of sp³-hybridized carbons (Fsp3) is 0.211. The average molecular weight is 436 g/mol. The summed E-state index contributed by atoms with van der Waals surface area (Å²) in [4.78, 5) is 23.4. The zero-order valence-corrected chi connectivity index (χ0v) is 16.7. The van der Waals surface area contributed by atoms with Crippen LogP contribution in [0.4, 0.5) is 0 Å². The number of hydrogen-bond acceptors (Lipinski definition) is 5. The van der Waals surface area contributed by atoms with Gasteiger partial charge in [-0.15, -0.1) is 0 Å². The predicted molar refractivity (Wildman–Crippen MR) is 108 cm³/mol. The van der Waals surface area contributed by atoms with Crippen LogP contribution in [-0.4, -0.2) is 48.5 Å². The molecule has 0 radical (unpaired) electrons. The molecule has 1 fully saturated rings. The van der Waals surface area contributed by atoms with Gasteiger partial charge < -0.3 is 5.11 Å². The lowest BCUT2D eigenvalue weighted by molar-refractivity contribution is -0.124. The third-order valence-electron chi connectivity index (χ3n) is 4.47. The quantitative estimate of drug-likeness (QED) is 0.533. The number of aromatic carboxylic acids is 1. The van der Waals surface area contributed by atoms with E-state index in [1.54, 1.807) is 12.1 Å². The van der Waals surface area contributed by atoms with E-state index >= 15 is 0 Å². The lowest BCUT2D eigenvalue weighted by Crippen LogP contribution is -2.44. The summed E-state index contributed by atoms with van der Waals surface area (Å²) in [7, 11) is -3.83. The van der Waals surface area contributed by atoms with Gasteiger partial charge in [0, 0.05) is 11.6 Å². The lowest BCUT2D eigenvalue weighted by Gasteiger charge is -2.22. The molecule has 29 heavy (non-hydrogen) atoms. The summed E-state index contributed by atoms with van der Waals surface area (Å²) < 4.78 is 26.9. The molecule has 1 heterocycles. The van der Waals surface area contributed by atoms with Gasteiger partial charge in [0.2, 0.25) is 10.0 Å². The molecule has 2 aromatic carbocycles. The van der Waals surface area contributed by atoms with Crippen LogP contribution in [0.5, 0.6) is 0 Å². The number of amides is 1.